The van der Waals surface area contributed by atoms with Crippen molar-refractivity contribution >= 4 is 16.7 Å². The number of aromatic nitrogens is 3. The summed E-state index contributed by atoms with van der Waals surface area (Å²) >= 11 is 0. The van der Waals surface area contributed by atoms with Gasteiger partial charge in [0.05, 0.1) is 29.9 Å². The standard InChI is InChI=1S/C9H13N5/c1-14-6-13-8-5-11-4-7(9(8)14)12-3-2-10/h4-6,12H,2-3,10H2,1H3. The number of nitrogens with zero attached hydrogens (tertiary/aromatic N) is 3. The van der Waals surface area contributed by atoms with E-state index in [1.807, 2.05) is 11.6 Å². The van der Waals surface area contributed by atoms with E-state index < -0.39 is 0 Å². The van der Waals surface area contributed by atoms with Crippen molar-refractivity contribution in [1.29, 1.82) is 0 Å². The van der Waals surface area contributed by atoms with Gasteiger partial charge in [-0.05, 0) is 0 Å². The number of fused-ring (bicyclic) bond motifs is 1. The van der Waals surface area contributed by atoms with Gasteiger partial charge in [-0.1, -0.05) is 0 Å². The molecule has 74 valence electrons. The molecule has 0 radical (unpaired) electrons. The lowest BCUT2D eigenvalue weighted by Crippen LogP contribution is -2.13. The molecule has 0 saturated carbocycles. The van der Waals surface area contributed by atoms with Crippen LogP contribution in [0.15, 0.2) is 18.7 Å². The molecule has 2 aromatic heterocycles. The highest BCUT2D eigenvalue weighted by Crippen LogP contribution is 2.19. The number of rotatable bonds is 3. The van der Waals surface area contributed by atoms with Crippen LogP contribution in [0.2, 0.25) is 0 Å². The average molecular weight is 191 g/mol. The summed E-state index contributed by atoms with van der Waals surface area (Å²) in [5.41, 5.74) is 8.37. The molecule has 3 N–H and O–H groups in total. The number of aryl methyl sites for hydroxylation is 1. The van der Waals surface area contributed by atoms with Crippen molar-refractivity contribution in [3.8, 4) is 0 Å². The molecule has 0 aliphatic carbocycles. The normalized spacial score (nSPS) is 10.7. The number of hydrogen-bond acceptors (Lipinski definition) is 4. The minimum Gasteiger partial charge on any atom is -0.381 e. The SMILES string of the molecule is Cn1cnc2cncc(NCCN)c21. The van der Waals surface area contributed by atoms with Crippen LogP contribution in [0.1, 0.15) is 0 Å². The van der Waals surface area contributed by atoms with Gasteiger partial charge in [-0.2, -0.15) is 0 Å². The van der Waals surface area contributed by atoms with Gasteiger partial charge in [0.1, 0.15) is 5.52 Å². The van der Waals surface area contributed by atoms with E-state index in [1.165, 1.54) is 0 Å². The molecule has 2 aromatic rings. The van der Waals surface area contributed by atoms with Crippen LogP contribution in [-0.4, -0.2) is 27.6 Å². The molecular weight excluding hydrogens is 178 g/mol. The van der Waals surface area contributed by atoms with Gasteiger partial charge >= 0.3 is 0 Å². The summed E-state index contributed by atoms with van der Waals surface area (Å²) in [4.78, 5) is 8.32. The first-order valence-corrected chi connectivity index (χ1v) is 4.52. The molecule has 0 aliphatic rings. The number of nitrogens with two attached hydrogens (primary N) is 1. The Hall–Kier alpha value is -1.62. The lowest BCUT2D eigenvalue weighted by Gasteiger charge is -2.06. The molecule has 0 aliphatic heterocycles. The third-order valence-electron chi connectivity index (χ3n) is 2.08. The van der Waals surface area contributed by atoms with E-state index in [4.69, 9.17) is 5.73 Å². The second kappa shape index (κ2) is 3.63. The molecule has 0 amide bonds. The topological polar surface area (TPSA) is 68.8 Å². The molecule has 14 heavy (non-hydrogen) atoms. The van der Waals surface area contributed by atoms with Crippen molar-refractivity contribution < 1.29 is 0 Å². The minimum atomic E-state index is 0.605. The van der Waals surface area contributed by atoms with Crippen LogP contribution in [0.3, 0.4) is 0 Å². The van der Waals surface area contributed by atoms with Crippen molar-refractivity contribution in [2.45, 2.75) is 0 Å². The highest BCUT2D eigenvalue weighted by atomic mass is 15.1. The van der Waals surface area contributed by atoms with Gasteiger partial charge in [-0.3, -0.25) is 4.98 Å². The fourth-order valence-electron chi connectivity index (χ4n) is 1.45. The van der Waals surface area contributed by atoms with Crippen LogP contribution in [0.5, 0.6) is 0 Å². The highest BCUT2D eigenvalue weighted by Gasteiger charge is 2.04. The van der Waals surface area contributed by atoms with Gasteiger partial charge in [0.25, 0.3) is 0 Å². The molecule has 2 rings (SSSR count). The van der Waals surface area contributed by atoms with E-state index in [0.29, 0.717) is 6.54 Å². The first-order chi connectivity index (χ1) is 6.83. The summed E-state index contributed by atoms with van der Waals surface area (Å²) in [5.74, 6) is 0. The maximum atomic E-state index is 5.43. The van der Waals surface area contributed by atoms with Crippen LogP contribution >= 0.6 is 0 Å². The molecule has 0 fully saturated rings. The summed E-state index contributed by atoms with van der Waals surface area (Å²) in [6, 6.07) is 0. The second-order valence-electron chi connectivity index (χ2n) is 3.13. The zero-order chi connectivity index (χ0) is 9.97. The van der Waals surface area contributed by atoms with Crippen LogP contribution < -0.4 is 11.1 Å². The summed E-state index contributed by atoms with van der Waals surface area (Å²) in [5, 5.41) is 3.22. The quantitative estimate of drug-likeness (QED) is 0.734. The molecule has 0 spiro atoms. The van der Waals surface area contributed by atoms with E-state index in [-0.39, 0.29) is 0 Å². The molecule has 0 aromatic carbocycles. The summed E-state index contributed by atoms with van der Waals surface area (Å²) < 4.78 is 1.97. The molecule has 2 heterocycles. The maximum absolute atomic E-state index is 5.43. The Balaban J connectivity index is 2.46. The molecule has 0 unspecified atom stereocenters. The van der Waals surface area contributed by atoms with Gasteiger partial charge in [0, 0.05) is 20.1 Å². The first kappa shape index (κ1) is 8.96. The molecule has 5 heteroatoms. The summed E-state index contributed by atoms with van der Waals surface area (Å²) in [6.45, 7) is 1.35. The smallest absolute Gasteiger partial charge is 0.109 e. The Bertz CT molecular complexity index is 434. The number of imidazole rings is 1. The van der Waals surface area contributed by atoms with Crippen molar-refractivity contribution in [1.82, 2.24) is 14.5 Å². The molecule has 5 nitrogen and oxygen atoms in total. The van der Waals surface area contributed by atoms with Gasteiger partial charge < -0.3 is 15.6 Å². The van der Waals surface area contributed by atoms with E-state index in [2.05, 4.69) is 15.3 Å². The molecule has 0 atom stereocenters. The van der Waals surface area contributed by atoms with Gasteiger partial charge in [-0.25, -0.2) is 4.98 Å². The predicted octanol–water partition coefficient (Wildman–Crippen LogP) is 0.339. The van der Waals surface area contributed by atoms with Crippen molar-refractivity contribution in [2.75, 3.05) is 18.4 Å². The number of nitrogens with one attached hydrogen (secondary N) is 1. The van der Waals surface area contributed by atoms with Crippen molar-refractivity contribution in [3.63, 3.8) is 0 Å². The number of pyridine rings is 1. The fraction of sp³-hybridized carbons (Fsp3) is 0.333. The minimum absolute atomic E-state index is 0.605. The maximum Gasteiger partial charge on any atom is 0.109 e. The van der Waals surface area contributed by atoms with E-state index in [9.17, 15) is 0 Å². The predicted molar refractivity (Wildman–Crippen MR) is 56.1 cm³/mol. The van der Waals surface area contributed by atoms with Crippen molar-refractivity contribution in [3.05, 3.63) is 18.7 Å². The number of anilines is 1. The third kappa shape index (κ3) is 1.42. The van der Waals surface area contributed by atoms with E-state index in [1.54, 1.807) is 18.7 Å². The lowest BCUT2D eigenvalue weighted by atomic mass is 10.3. The summed E-state index contributed by atoms with van der Waals surface area (Å²) in [6.07, 6.45) is 5.32. The molecule has 0 bridgehead atoms. The van der Waals surface area contributed by atoms with Gasteiger partial charge in [0.2, 0.25) is 0 Å². The highest BCUT2D eigenvalue weighted by molar-refractivity contribution is 5.87. The first-order valence-electron chi connectivity index (χ1n) is 4.52. The molecular formula is C9H13N5. The Morgan fingerprint density at radius 2 is 2.36 bits per heavy atom. The van der Waals surface area contributed by atoms with Crippen LogP contribution in [0.25, 0.3) is 11.0 Å². The largest absolute Gasteiger partial charge is 0.381 e. The third-order valence-corrected chi connectivity index (χ3v) is 2.08. The van der Waals surface area contributed by atoms with Crippen LogP contribution in [-0.2, 0) is 7.05 Å². The fourth-order valence-corrected chi connectivity index (χ4v) is 1.45. The second-order valence-corrected chi connectivity index (χ2v) is 3.13. The van der Waals surface area contributed by atoms with E-state index >= 15 is 0 Å². The van der Waals surface area contributed by atoms with Crippen LogP contribution in [0.4, 0.5) is 5.69 Å². The Morgan fingerprint density at radius 3 is 3.14 bits per heavy atom. The average Bonchev–Trinajstić information content (AvgIpc) is 2.58. The van der Waals surface area contributed by atoms with Gasteiger partial charge in [-0.15, -0.1) is 0 Å². The monoisotopic (exact) mass is 191 g/mol. The van der Waals surface area contributed by atoms with Crippen LogP contribution in [0, 0.1) is 0 Å². The van der Waals surface area contributed by atoms with Gasteiger partial charge in [0.15, 0.2) is 0 Å². The Labute approximate surface area is 82.0 Å². The number of hydrogen-bond donors (Lipinski definition) is 2. The lowest BCUT2D eigenvalue weighted by molar-refractivity contribution is 0.944. The Kier molecular flexibility index (Phi) is 2.32. The molecule has 0 saturated heterocycles. The Morgan fingerprint density at radius 1 is 1.50 bits per heavy atom. The van der Waals surface area contributed by atoms with Crippen molar-refractivity contribution in [2.24, 2.45) is 12.8 Å². The zero-order valence-corrected chi connectivity index (χ0v) is 8.07. The van der Waals surface area contributed by atoms with E-state index in [0.717, 1.165) is 23.3 Å². The zero-order valence-electron chi connectivity index (χ0n) is 8.07. The summed E-state index contributed by atoms with van der Waals surface area (Å²) in [7, 11) is 1.96.